The van der Waals surface area contributed by atoms with E-state index in [0.717, 1.165) is 33.7 Å². The number of hydrogen-bond donors (Lipinski definition) is 0. The average molecular weight is 433 g/mol. The molecule has 4 heterocycles. The van der Waals surface area contributed by atoms with Crippen LogP contribution in [-0.2, 0) is 6.03 Å². The van der Waals surface area contributed by atoms with E-state index in [1.807, 2.05) is 102 Å². The maximum atomic E-state index is 6.81. The van der Waals surface area contributed by atoms with Crippen molar-refractivity contribution in [3.05, 3.63) is 103 Å². The van der Waals surface area contributed by atoms with Crippen LogP contribution in [0.15, 0.2) is 101 Å². The zero-order valence-electron chi connectivity index (χ0n) is 17.3. The molecule has 3 aliphatic rings. The van der Waals surface area contributed by atoms with Crippen molar-refractivity contribution < 1.29 is 23.2 Å². The number of nitrogens with zero attached hydrogens (tertiary/aromatic N) is 2. The molecule has 0 radical (unpaired) electrons. The highest BCUT2D eigenvalue weighted by atomic mass is 16.8. The predicted molar refractivity (Wildman–Crippen MR) is 120 cm³/mol. The molecule has 8 rings (SSSR count). The first-order valence-electron chi connectivity index (χ1n) is 10.9. The number of para-hydroxylation sites is 6. The maximum Gasteiger partial charge on any atom is 0.586 e. The largest absolute Gasteiger partial charge is 0.586 e. The van der Waals surface area contributed by atoms with E-state index in [2.05, 4.69) is 4.90 Å². The van der Waals surface area contributed by atoms with Gasteiger partial charge in [0.2, 0.25) is 11.8 Å². The lowest BCUT2D eigenvalue weighted by molar-refractivity contribution is -0.817. The third kappa shape index (κ3) is 2.06. The molecule has 33 heavy (non-hydrogen) atoms. The van der Waals surface area contributed by atoms with Crippen LogP contribution in [0, 0.1) is 0 Å². The van der Waals surface area contributed by atoms with E-state index in [1.54, 1.807) is 0 Å². The average Bonchev–Trinajstić information content (AvgIpc) is 3.45. The number of fused-ring (bicyclic) bond motifs is 12. The molecular weight excluding hydrogens is 416 g/mol. The van der Waals surface area contributed by atoms with Gasteiger partial charge < -0.3 is 18.6 Å². The molecule has 0 bridgehead atoms. The molecule has 0 aliphatic carbocycles. The van der Waals surface area contributed by atoms with Crippen LogP contribution in [0.2, 0.25) is 0 Å². The summed E-state index contributed by atoms with van der Waals surface area (Å²) in [6.07, 6.45) is -0.424. The van der Waals surface area contributed by atoms with E-state index in [4.69, 9.17) is 18.6 Å². The molecule has 0 amide bonds. The highest BCUT2D eigenvalue weighted by Gasteiger charge is 2.68. The van der Waals surface area contributed by atoms with E-state index in [0.29, 0.717) is 17.4 Å². The normalized spacial score (nSPS) is 21.2. The summed E-state index contributed by atoms with van der Waals surface area (Å²) in [5, 5.41) is 0. The monoisotopic (exact) mass is 433 g/mol. The third-order valence-electron chi connectivity index (χ3n) is 6.49. The van der Waals surface area contributed by atoms with Gasteiger partial charge in [-0.1, -0.05) is 53.1 Å². The SMILES string of the molecule is c1ccc2c(c1)OC1(Oc3ccccc3C3Oc4ccccc4N31)[n+]1c-2oc2ccccc21. The van der Waals surface area contributed by atoms with Gasteiger partial charge in [-0.05, 0) is 42.5 Å². The molecule has 6 nitrogen and oxygen atoms in total. The van der Waals surface area contributed by atoms with Gasteiger partial charge in [0, 0.05) is 6.07 Å². The molecule has 0 saturated heterocycles. The van der Waals surface area contributed by atoms with Crippen molar-refractivity contribution in [1.82, 2.24) is 0 Å². The number of aromatic nitrogens is 1. The van der Waals surface area contributed by atoms with E-state index >= 15 is 0 Å². The summed E-state index contributed by atoms with van der Waals surface area (Å²) >= 11 is 0. The number of rotatable bonds is 0. The van der Waals surface area contributed by atoms with Crippen molar-refractivity contribution in [2.45, 2.75) is 12.3 Å². The summed E-state index contributed by atoms with van der Waals surface area (Å²) < 4.78 is 28.5. The zero-order valence-corrected chi connectivity index (χ0v) is 17.3. The van der Waals surface area contributed by atoms with Gasteiger partial charge in [-0.3, -0.25) is 0 Å². The first kappa shape index (κ1) is 17.1. The van der Waals surface area contributed by atoms with E-state index in [9.17, 15) is 0 Å². The quantitative estimate of drug-likeness (QED) is 0.309. The lowest BCUT2D eigenvalue weighted by Crippen LogP contribution is -2.75. The Morgan fingerprint density at radius 2 is 1.39 bits per heavy atom. The Labute approximate surface area is 188 Å². The van der Waals surface area contributed by atoms with Crippen molar-refractivity contribution in [2.24, 2.45) is 0 Å². The lowest BCUT2D eigenvalue weighted by Gasteiger charge is -2.42. The van der Waals surface area contributed by atoms with Crippen LogP contribution in [0.1, 0.15) is 11.8 Å². The van der Waals surface area contributed by atoms with Gasteiger partial charge in [0.05, 0.1) is 11.3 Å². The molecule has 5 aromatic rings. The molecule has 1 aromatic heterocycles. The lowest BCUT2D eigenvalue weighted by atomic mass is 10.1. The van der Waals surface area contributed by atoms with E-state index < -0.39 is 12.3 Å². The standard InChI is InChI=1S/C27H17N2O4/c1-5-13-21-17(9-1)25-28(19-11-3-7-15-23(19)30-25)27(32-21)29-20-12-4-8-16-24(20)31-26(29)18-10-2-6-14-22(18)33-27/h1-16,25H/q+1. The van der Waals surface area contributed by atoms with Gasteiger partial charge >= 0.3 is 11.9 Å². The Hall–Kier alpha value is -4.45. The fourth-order valence-corrected chi connectivity index (χ4v) is 5.12. The molecule has 4 aromatic carbocycles. The summed E-state index contributed by atoms with van der Waals surface area (Å²) in [5.74, 6) is 2.83. The van der Waals surface area contributed by atoms with Gasteiger partial charge in [-0.25, -0.2) is 0 Å². The Balaban J connectivity index is 1.51. The Morgan fingerprint density at radius 1 is 0.697 bits per heavy atom. The number of hydrogen-bond acceptors (Lipinski definition) is 5. The molecular formula is C27H17N2O4+. The zero-order chi connectivity index (χ0) is 21.6. The summed E-state index contributed by atoms with van der Waals surface area (Å²) in [4.78, 5) is 2.06. The Kier molecular flexibility index (Phi) is 3.05. The summed E-state index contributed by atoms with van der Waals surface area (Å²) in [6, 6.07) is 30.3. The fraction of sp³-hybridized carbons (Fsp3) is 0.0741. The van der Waals surface area contributed by atoms with Crippen LogP contribution in [0.25, 0.3) is 22.6 Å². The minimum Gasteiger partial charge on any atom is -0.463 e. The van der Waals surface area contributed by atoms with Crippen LogP contribution in [0.5, 0.6) is 17.2 Å². The number of oxazole rings is 1. The first-order valence-corrected chi connectivity index (χ1v) is 10.9. The molecule has 2 unspecified atom stereocenters. The first-order chi connectivity index (χ1) is 16.3. The highest BCUT2D eigenvalue weighted by Crippen LogP contribution is 2.55. The van der Waals surface area contributed by atoms with Crippen LogP contribution >= 0.6 is 0 Å². The summed E-state index contributed by atoms with van der Waals surface area (Å²) in [7, 11) is 0. The van der Waals surface area contributed by atoms with Crippen LogP contribution in [0.4, 0.5) is 5.69 Å². The van der Waals surface area contributed by atoms with Crippen molar-refractivity contribution in [3.63, 3.8) is 0 Å². The van der Waals surface area contributed by atoms with Gasteiger partial charge in [-0.15, -0.1) is 0 Å². The van der Waals surface area contributed by atoms with Crippen LogP contribution < -0.4 is 23.7 Å². The van der Waals surface area contributed by atoms with Gasteiger partial charge in [-0.2, -0.15) is 4.90 Å². The van der Waals surface area contributed by atoms with Crippen LogP contribution in [-0.4, -0.2) is 0 Å². The fourth-order valence-electron chi connectivity index (χ4n) is 5.12. The van der Waals surface area contributed by atoms with E-state index in [1.165, 1.54) is 0 Å². The third-order valence-corrected chi connectivity index (χ3v) is 6.49. The number of anilines is 1. The molecule has 6 heteroatoms. The minimum atomic E-state index is -1.39. The molecule has 0 N–H and O–H groups in total. The summed E-state index contributed by atoms with van der Waals surface area (Å²) in [5.41, 5.74) is 4.31. The second-order valence-electron chi connectivity index (χ2n) is 8.30. The maximum absolute atomic E-state index is 6.81. The molecule has 3 aliphatic heterocycles. The molecule has 0 fully saturated rings. The molecule has 0 saturated carbocycles. The predicted octanol–water partition coefficient (Wildman–Crippen LogP) is 5.34. The van der Waals surface area contributed by atoms with E-state index in [-0.39, 0.29) is 0 Å². The number of benzene rings is 4. The minimum absolute atomic E-state index is 0.424. The van der Waals surface area contributed by atoms with Crippen molar-refractivity contribution in [3.8, 4) is 28.7 Å². The van der Waals surface area contributed by atoms with Crippen molar-refractivity contribution in [1.29, 1.82) is 0 Å². The van der Waals surface area contributed by atoms with Gasteiger partial charge in [0.15, 0.2) is 5.75 Å². The van der Waals surface area contributed by atoms with Crippen LogP contribution in [0.3, 0.4) is 0 Å². The second kappa shape index (κ2) is 5.86. The molecule has 2 atom stereocenters. The highest BCUT2D eigenvalue weighted by molar-refractivity contribution is 5.74. The molecule has 158 valence electrons. The number of ether oxygens (including phenoxy) is 3. The second-order valence-corrected chi connectivity index (χ2v) is 8.30. The van der Waals surface area contributed by atoms with Gasteiger partial charge in [0.25, 0.3) is 5.52 Å². The van der Waals surface area contributed by atoms with Crippen molar-refractivity contribution in [2.75, 3.05) is 4.90 Å². The molecule has 1 spiro atoms. The Morgan fingerprint density at radius 3 is 2.33 bits per heavy atom. The summed E-state index contributed by atoms with van der Waals surface area (Å²) in [6.45, 7) is 0. The Bertz CT molecular complexity index is 1590. The van der Waals surface area contributed by atoms with Gasteiger partial charge in [0.1, 0.15) is 17.1 Å². The smallest absolute Gasteiger partial charge is 0.463 e. The van der Waals surface area contributed by atoms with Crippen molar-refractivity contribution >= 4 is 16.8 Å². The topological polar surface area (TPSA) is 48.0 Å².